The van der Waals surface area contributed by atoms with Crippen molar-refractivity contribution in [1.82, 2.24) is 0 Å². The van der Waals surface area contributed by atoms with Crippen LogP contribution in [0.2, 0.25) is 0 Å². The van der Waals surface area contributed by atoms with Gasteiger partial charge in [0.15, 0.2) is 12.1 Å². The zero-order valence-corrected chi connectivity index (χ0v) is 15.1. The summed E-state index contributed by atoms with van der Waals surface area (Å²) in [6.45, 7) is 0. The van der Waals surface area contributed by atoms with E-state index in [1.54, 1.807) is 7.11 Å². The summed E-state index contributed by atoms with van der Waals surface area (Å²) < 4.78 is 16.3. The average molecular weight is 361 g/mol. The van der Waals surface area contributed by atoms with Crippen LogP contribution < -0.4 is 4.74 Å². The molecule has 0 bridgehead atoms. The first kappa shape index (κ1) is 17.1. The standard InChI is InChI=1S/C22H19NO4/c1-25-16-12-10-15(11-13-16)21-23-19(22(24)26-2)20(27-21)18-9-5-7-14-6-3-4-8-17(14)18/h3-13,19-20H,1-2H3/t19-,20-/m0/s1. The Morgan fingerprint density at radius 2 is 1.70 bits per heavy atom. The van der Waals surface area contributed by atoms with E-state index in [0.717, 1.165) is 27.6 Å². The van der Waals surface area contributed by atoms with Crippen LogP contribution in [0.5, 0.6) is 5.75 Å². The highest BCUT2D eigenvalue weighted by molar-refractivity contribution is 5.99. The molecular formula is C22H19NO4. The van der Waals surface area contributed by atoms with Crippen LogP contribution in [0.25, 0.3) is 10.8 Å². The third kappa shape index (κ3) is 3.12. The smallest absolute Gasteiger partial charge is 0.335 e. The summed E-state index contributed by atoms with van der Waals surface area (Å²) in [6.07, 6.45) is -0.541. The number of esters is 1. The number of carbonyl (C=O) groups excluding carboxylic acids is 1. The molecule has 0 fully saturated rings. The van der Waals surface area contributed by atoms with Crippen molar-refractivity contribution in [3.8, 4) is 5.75 Å². The quantitative estimate of drug-likeness (QED) is 0.661. The molecule has 27 heavy (non-hydrogen) atoms. The number of nitrogens with zero attached hydrogens (tertiary/aromatic N) is 1. The summed E-state index contributed by atoms with van der Waals surface area (Å²) in [5.74, 6) is 0.745. The van der Waals surface area contributed by atoms with Gasteiger partial charge in [-0.3, -0.25) is 0 Å². The van der Waals surface area contributed by atoms with Crippen LogP contribution in [-0.2, 0) is 14.3 Å². The maximum atomic E-state index is 12.4. The molecule has 5 heteroatoms. The lowest BCUT2D eigenvalue weighted by Crippen LogP contribution is -2.25. The van der Waals surface area contributed by atoms with Gasteiger partial charge in [0.2, 0.25) is 5.90 Å². The lowest BCUT2D eigenvalue weighted by Gasteiger charge is -2.18. The van der Waals surface area contributed by atoms with Crippen molar-refractivity contribution >= 4 is 22.6 Å². The number of rotatable bonds is 4. The van der Waals surface area contributed by atoms with Crippen molar-refractivity contribution in [2.45, 2.75) is 12.1 Å². The summed E-state index contributed by atoms with van der Waals surface area (Å²) in [5, 5.41) is 2.12. The molecule has 0 N–H and O–H groups in total. The number of benzene rings is 3. The maximum Gasteiger partial charge on any atom is 0.335 e. The van der Waals surface area contributed by atoms with Crippen molar-refractivity contribution in [1.29, 1.82) is 0 Å². The summed E-state index contributed by atoms with van der Waals surface area (Å²) in [5.41, 5.74) is 1.70. The number of fused-ring (bicyclic) bond motifs is 1. The Morgan fingerprint density at radius 1 is 0.963 bits per heavy atom. The van der Waals surface area contributed by atoms with Crippen LogP contribution in [0.3, 0.4) is 0 Å². The predicted octanol–water partition coefficient (Wildman–Crippen LogP) is 3.91. The fourth-order valence-corrected chi connectivity index (χ4v) is 3.31. The van der Waals surface area contributed by atoms with Gasteiger partial charge < -0.3 is 14.2 Å². The number of ether oxygens (including phenoxy) is 3. The monoisotopic (exact) mass is 361 g/mol. The third-order valence-corrected chi connectivity index (χ3v) is 4.69. The summed E-state index contributed by atoms with van der Waals surface area (Å²) in [6, 6.07) is 20.6. The van der Waals surface area contributed by atoms with Crippen LogP contribution in [0.4, 0.5) is 0 Å². The number of aliphatic imine (C=N–C) groups is 1. The van der Waals surface area contributed by atoms with Gasteiger partial charge in [-0.25, -0.2) is 9.79 Å². The van der Waals surface area contributed by atoms with Crippen LogP contribution in [0.1, 0.15) is 17.2 Å². The Bertz CT molecular complexity index is 1010. The van der Waals surface area contributed by atoms with Gasteiger partial charge in [-0.2, -0.15) is 0 Å². The van der Waals surface area contributed by atoms with E-state index < -0.39 is 18.1 Å². The normalized spacial score (nSPS) is 18.7. The largest absolute Gasteiger partial charge is 0.497 e. The summed E-state index contributed by atoms with van der Waals surface area (Å²) >= 11 is 0. The molecule has 0 saturated heterocycles. The number of methoxy groups -OCH3 is 2. The Labute approximate surface area is 157 Å². The fourth-order valence-electron chi connectivity index (χ4n) is 3.31. The molecule has 3 aromatic carbocycles. The van der Waals surface area contributed by atoms with E-state index in [2.05, 4.69) is 4.99 Å². The van der Waals surface area contributed by atoms with Gasteiger partial charge in [0.05, 0.1) is 14.2 Å². The first-order valence-corrected chi connectivity index (χ1v) is 8.65. The highest BCUT2D eigenvalue weighted by atomic mass is 16.5. The second-order valence-corrected chi connectivity index (χ2v) is 6.24. The van der Waals surface area contributed by atoms with Crippen molar-refractivity contribution in [3.63, 3.8) is 0 Å². The van der Waals surface area contributed by atoms with Gasteiger partial charge in [-0.1, -0.05) is 42.5 Å². The van der Waals surface area contributed by atoms with Crippen molar-refractivity contribution in [2.75, 3.05) is 14.2 Å². The molecule has 0 amide bonds. The molecule has 0 saturated carbocycles. The van der Waals surface area contributed by atoms with E-state index in [1.807, 2.05) is 66.7 Å². The minimum atomic E-state index is -0.752. The highest BCUT2D eigenvalue weighted by Gasteiger charge is 2.39. The van der Waals surface area contributed by atoms with E-state index >= 15 is 0 Å². The minimum Gasteiger partial charge on any atom is -0.497 e. The first-order valence-electron chi connectivity index (χ1n) is 8.65. The second kappa shape index (κ2) is 7.11. The minimum absolute atomic E-state index is 0.420. The predicted molar refractivity (Wildman–Crippen MR) is 103 cm³/mol. The molecule has 0 radical (unpaired) electrons. The van der Waals surface area contributed by atoms with Crippen molar-refractivity contribution < 1.29 is 19.0 Å². The SMILES string of the molecule is COC(=O)[C@H]1N=C(c2ccc(OC)cc2)O[C@H]1c1cccc2ccccc12. The average Bonchev–Trinajstić information content (AvgIpc) is 3.18. The number of hydrogen-bond acceptors (Lipinski definition) is 5. The van der Waals surface area contributed by atoms with Crippen molar-refractivity contribution in [2.24, 2.45) is 4.99 Å². The highest BCUT2D eigenvalue weighted by Crippen LogP contribution is 2.36. The maximum absolute atomic E-state index is 12.4. The van der Waals surface area contributed by atoms with Gasteiger partial charge in [-0.15, -0.1) is 0 Å². The molecule has 1 heterocycles. The lowest BCUT2D eigenvalue weighted by atomic mass is 9.96. The molecule has 4 rings (SSSR count). The molecule has 0 unspecified atom stereocenters. The molecule has 0 aromatic heterocycles. The van der Waals surface area contributed by atoms with E-state index in [-0.39, 0.29) is 0 Å². The summed E-state index contributed by atoms with van der Waals surface area (Å²) in [7, 11) is 2.98. The van der Waals surface area contributed by atoms with Gasteiger partial charge in [0, 0.05) is 11.1 Å². The molecule has 0 spiro atoms. The Morgan fingerprint density at radius 3 is 2.44 bits per heavy atom. The molecule has 1 aliphatic rings. The Kier molecular flexibility index (Phi) is 4.50. The topological polar surface area (TPSA) is 57.1 Å². The van der Waals surface area contributed by atoms with E-state index in [0.29, 0.717) is 5.90 Å². The zero-order chi connectivity index (χ0) is 18.8. The van der Waals surface area contributed by atoms with Gasteiger partial charge in [0.25, 0.3) is 0 Å². The van der Waals surface area contributed by atoms with E-state index in [9.17, 15) is 4.79 Å². The summed E-state index contributed by atoms with van der Waals surface area (Å²) in [4.78, 5) is 16.9. The van der Waals surface area contributed by atoms with Crippen molar-refractivity contribution in [3.05, 3.63) is 77.9 Å². The molecule has 2 atom stereocenters. The molecular weight excluding hydrogens is 342 g/mol. The first-order chi connectivity index (χ1) is 13.2. The molecule has 1 aliphatic heterocycles. The van der Waals surface area contributed by atoms with Gasteiger partial charge >= 0.3 is 5.97 Å². The zero-order valence-electron chi connectivity index (χ0n) is 15.1. The van der Waals surface area contributed by atoms with Crippen LogP contribution >= 0.6 is 0 Å². The molecule has 136 valence electrons. The number of carbonyl (C=O) groups is 1. The van der Waals surface area contributed by atoms with Crippen LogP contribution in [-0.4, -0.2) is 32.1 Å². The molecule has 0 aliphatic carbocycles. The Balaban J connectivity index is 1.75. The fraction of sp³-hybridized carbons (Fsp3) is 0.182. The van der Waals surface area contributed by atoms with E-state index in [1.165, 1.54) is 7.11 Å². The third-order valence-electron chi connectivity index (χ3n) is 4.69. The molecule has 3 aromatic rings. The Hall–Kier alpha value is -3.34. The van der Waals surface area contributed by atoms with Crippen LogP contribution in [0.15, 0.2) is 71.7 Å². The van der Waals surface area contributed by atoms with Gasteiger partial charge in [-0.05, 0) is 35.0 Å². The molecule has 5 nitrogen and oxygen atoms in total. The van der Waals surface area contributed by atoms with Gasteiger partial charge in [0.1, 0.15) is 5.75 Å². The van der Waals surface area contributed by atoms with Crippen LogP contribution in [0, 0.1) is 0 Å². The number of hydrogen-bond donors (Lipinski definition) is 0. The lowest BCUT2D eigenvalue weighted by molar-refractivity contribution is -0.143. The van der Waals surface area contributed by atoms with E-state index in [4.69, 9.17) is 14.2 Å². The second-order valence-electron chi connectivity index (χ2n) is 6.24.